The second-order valence-electron chi connectivity index (χ2n) is 5.31. The fourth-order valence-corrected chi connectivity index (χ4v) is 2.45. The molecule has 1 amide bonds. The van der Waals surface area contributed by atoms with Gasteiger partial charge in [-0.1, -0.05) is 13.8 Å². The molecule has 0 aliphatic heterocycles. The minimum Gasteiger partial charge on any atom is -0.481 e. The van der Waals surface area contributed by atoms with E-state index in [1.807, 2.05) is 0 Å². The molecule has 1 aliphatic carbocycles. The van der Waals surface area contributed by atoms with Crippen LogP contribution in [0.15, 0.2) is 0 Å². The lowest BCUT2D eigenvalue weighted by Gasteiger charge is -2.41. The summed E-state index contributed by atoms with van der Waals surface area (Å²) in [7, 11) is 0. The smallest absolute Gasteiger partial charge is 0.310 e. The van der Waals surface area contributed by atoms with Gasteiger partial charge in [0, 0.05) is 6.42 Å². The maximum Gasteiger partial charge on any atom is 0.310 e. The lowest BCUT2D eigenvalue weighted by atomic mass is 9.75. The van der Waals surface area contributed by atoms with Crippen LogP contribution in [0.1, 0.15) is 52.4 Å². The van der Waals surface area contributed by atoms with Crippen LogP contribution in [0.3, 0.4) is 0 Å². The van der Waals surface area contributed by atoms with Gasteiger partial charge in [-0.15, -0.1) is 0 Å². The average Bonchev–Trinajstić information content (AvgIpc) is 2.30. The largest absolute Gasteiger partial charge is 0.481 e. The van der Waals surface area contributed by atoms with Gasteiger partial charge in [-0.2, -0.15) is 0 Å². The van der Waals surface area contributed by atoms with E-state index in [9.17, 15) is 19.8 Å². The number of carbonyl (C=O) groups is 2. The molecule has 1 fully saturated rings. The molecule has 0 heterocycles. The van der Waals surface area contributed by atoms with Gasteiger partial charge in [0.1, 0.15) is 0 Å². The topological polar surface area (TPSA) is 86.6 Å². The molecule has 0 radical (unpaired) electrons. The summed E-state index contributed by atoms with van der Waals surface area (Å²) in [5.74, 6) is -1.19. The van der Waals surface area contributed by atoms with Crippen LogP contribution < -0.4 is 5.32 Å². The van der Waals surface area contributed by atoms with Crippen molar-refractivity contribution >= 4 is 11.9 Å². The van der Waals surface area contributed by atoms with Crippen molar-refractivity contribution in [2.24, 2.45) is 5.41 Å². The highest BCUT2D eigenvalue weighted by atomic mass is 16.4. The third kappa shape index (κ3) is 2.83. The molecule has 0 unspecified atom stereocenters. The molecule has 18 heavy (non-hydrogen) atoms. The summed E-state index contributed by atoms with van der Waals surface area (Å²) in [5, 5.41) is 21.4. The first-order valence-electron chi connectivity index (χ1n) is 6.59. The molecule has 0 saturated heterocycles. The highest BCUT2D eigenvalue weighted by Crippen LogP contribution is 2.34. The van der Waals surface area contributed by atoms with Crippen molar-refractivity contribution in [3.05, 3.63) is 0 Å². The van der Waals surface area contributed by atoms with Crippen molar-refractivity contribution in [2.45, 2.75) is 57.9 Å². The van der Waals surface area contributed by atoms with Gasteiger partial charge in [-0.05, 0) is 32.1 Å². The van der Waals surface area contributed by atoms with Gasteiger partial charge < -0.3 is 15.5 Å². The van der Waals surface area contributed by atoms with Gasteiger partial charge in [-0.25, -0.2) is 0 Å². The van der Waals surface area contributed by atoms with Crippen molar-refractivity contribution in [3.8, 4) is 0 Å². The van der Waals surface area contributed by atoms with Crippen LogP contribution in [0.2, 0.25) is 0 Å². The molecule has 0 bridgehead atoms. The summed E-state index contributed by atoms with van der Waals surface area (Å²) >= 11 is 0. The zero-order valence-electron chi connectivity index (χ0n) is 11.2. The molecule has 1 rings (SSSR count). The summed E-state index contributed by atoms with van der Waals surface area (Å²) < 4.78 is 0. The second-order valence-corrected chi connectivity index (χ2v) is 5.31. The minimum atomic E-state index is -0.982. The molecule has 0 aromatic rings. The number of amides is 1. The first kappa shape index (κ1) is 15.0. The SMILES string of the molecule is CCC(CC)(CC(=O)NC1(CO)CCC1)C(=O)O. The zero-order chi connectivity index (χ0) is 13.8. The molecule has 0 aromatic heterocycles. The Hall–Kier alpha value is -1.10. The minimum absolute atomic E-state index is 0.0168. The Morgan fingerprint density at radius 2 is 1.83 bits per heavy atom. The number of carbonyl (C=O) groups excluding carboxylic acids is 1. The molecule has 104 valence electrons. The van der Waals surface area contributed by atoms with Gasteiger partial charge in [-0.3, -0.25) is 9.59 Å². The van der Waals surface area contributed by atoms with Crippen LogP contribution in [0.4, 0.5) is 0 Å². The predicted octanol–water partition coefficient (Wildman–Crippen LogP) is 1.30. The van der Waals surface area contributed by atoms with E-state index in [2.05, 4.69) is 5.32 Å². The Morgan fingerprint density at radius 3 is 2.11 bits per heavy atom. The standard InChI is InChI=1S/C13H23NO4/c1-3-12(4-2,11(17)18)8-10(16)14-13(9-15)6-5-7-13/h15H,3-9H2,1-2H3,(H,14,16)(H,17,18). The molecule has 0 spiro atoms. The lowest BCUT2D eigenvalue weighted by Crippen LogP contribution is -2.57. The van der Waals surface area contributed by atoms with Gasteiger partial charge in [0.15, 0.2) is 0 Å². The third-order valence-electron chi connectivity index (χ3n) is 4.32. The number of nitrogens with one attached hydrogen (secondary N) is 1. The zero-order valence-corrected chi connectivity index (χ0v) is 11.2. The molecule has 0 atom stereocenters. The van der Waals surface area contributed by atoms with Gasteiger partial charge in [0.2, 0.25) is 5.91 Å². The highest BCUT2D eigenvalue weighted by molar-refractivity contribution is 5.85. The first-order valence-corrected chi connectivity index (χ1v) is 6.59. The summed E-state index contributed by atoms with van der Waals surface area (Å²) in [6, 6.07) is 0. The fourth-order valence-electron chi connectivity index (χ4n) is 2.45. The van der Waals surface area contributed by atoms with Crippen molar-refractivity contribution in [1.82, 2.24) is 5.32 Å². The number of aliphatic carboxylic acids is 1. The summed E-state index contributed by atoms with van der Waals surface area (Å²) in [6.07, 6.45) is 3.38. The van der Waals surface area contributed by atoms with E-state index in [1.165, 1.54) is 0 Å². The molecule has 5 heteroatoms. The molecular weight excluding hydrogens is 234 g/mol. The first-order chi connectivity index (χ1) is 8.43. The van der Waals surface area contributed by atoms with Crippen LogP contribution in [-0.4, -0.2) is 34.2 Å². The predicted molar refractivity (Wildman–Crippen MR) is 67.1 cm³/mol. The Labute approximate surface area is 108 Å². The lowest BCUT2D eigenvalue weighted by molar-refractivity contribution is -0.153. The van der Waals surface area contributed by atoms with Crippen LogP contribution in [0.5, 0.6) is 0 Å². The number of aliphatic hydroxyl groups is 1. The van der Waals surface area contributed by atoms with E-state index in [1.54, 1.807) is 13.8 Å². The summed E-state index contributed by atoms with van der Waals surface area (Å²) in [4.78, 5) is 23.3. The Balaban J connectivity index is 2.65. The van der Waals surface area contributed by atoms with Gasteiger partial charge in [0.25, 0.3) is 0 Å². The Morgan fingerprint density at radius 1 is 1.28 bits per heavy atom. The molecule has 1 aliphatic rings. The monoisotopic (exact) mass is 257 g/mol. The average molecular weight is 257 g/mol. The molecule has 5 nitrogen and oxygen atoms in total. The van der Waals surface area contributed by atoms with Crippen molar-refractivity contribution in [2.75, 3.05) is 6.61 Å². The summed E-state index contributed by atoms with van der Waals surface area (Å²) in [6.45, 7) is 3.50. The van der Waals surface area contributed by atoms with Crippen molar-refractivity contribution in [1.29, 1.82) is 0 Å². The van der Waals surface area contributed by atoms with E-state index in [4.69, 9.17) is 0 Å². The van der Waals surface area contributed by atoms with E-state index >= 15 is 0 Å². The van der Waals surface area contributed by atoms with Crippen molar-refractivity contribution < 1.29 is 19.8 Å². The quantitative estimate of drug-likeness (QED) is 0.641. The molecular formula is C13H23NO4. The van der Waals surface area contributed by atoms with Crippen molar-refractivity contribution in [3.63, 3.8) is 0 Å². The van der Waals surface area contributed by atoms with E-state index < -0.39 is 16.9 Å². The van der Waals surface area contributed by atoms with Crippen LogP contribution >= 0.6 is 0 Å². The van der Waals surface area contributed by atoms with Gasteiger partial charge >= 0.3 is 5.97 Å². The maximum atomic E-state index is 12.0. The van der Waals surface area contributed by atoms with Crippen LogP contribution in [-0.2, 0) is 9.59 Å². The number of rotatable bonds is 7. The van der Waals surface area contributed by atoms with Crippen LogP contribution in [0, 0.1) is 5.41 Å². The van der Waals surface area contributed by atoms with E-state index in [0.717, 1.165) is 19.3 Å². The molecule has 0 aromatic carbocycles. The number of hydrogen-bond donors (Lipinski definition) is 3. The van der Waals surface area contributed by atoms with Gasteiger partial charge in [0.05, 0.1) is 17.6 Å². The summed E-state index contributed by atoms with van der Waals surface area (Å²) in [5.41, 5.74) is -1.48. The fraction of sp³-hybridized carbons (Fsp3) is 0.846. The number of aliphatic hydroxyl groups excluding tert-OH is 1. The Bertz CT molecular complexity index is 313. The third-order valence-corrected chi connectivity index (χ3v) is 4.32. The Kier molecular flexibility index (Phi) is 4.73. The number of carboxylic acids is 1. The second kappa shape index (κ2) is 5.69. The number of hydrogen-bond acceptors (Lipinski definition) is 3. The van der Waals surface area contributed by atoms with Crippen LogP contribution in [0.25, 0.3) is 0 Å². The normalized spacial score (nSPS) is 17.9. The number of carboxylic acid groups (broad SMARTS) is 1. The molecule has 1 saturated carbocycles. The maximum absolute atomic E-state index is 12.0. The molecule has 3 N–H and O–H groups in total. The highest BCUT2D eigenvalue weighted by Gasteiger charge is 2.41. The van der Waals surface area contributed by atoms with E-state index in [-0.39, 0.29) is 18.9 Å². The van der Waals surface area contributed by atoms with E-state index in [0.29, 0.717) is 12.8 Å².